The van der Waals surface area contributed by atoms with Crippen molar-refractivity contribution in [2.75, 3.05) is 13.1 Å². The lowest BCUT2D eigenvalue weighted by molar-refractivity contribution is -0.157. The molecule has 0 radical (unpaired) electrons. The summed E-state index contributed by atoms with van der Waals surface area (Å²) in [6.45, 7) is 0.993. The monoisotopic (exact) mass is 342 g/mol. The molecule has 2 aromatic carbocycles. The van der Waals surface area contributed by atoms with E-state index in [0.29, 0.717) is 13.1 Å². The van der Waals surface area contributed by atoms with Crippen LogP contribution in [0.25, 0.3) is 0 Å². The molecule has 0 aromatic heterocycles. The molecule has 4 nitrogen and oxygen atoms in total. The first-order chi connectivity index (χ1) is 12.1. The maximum absolute atomic E-state index is 13.2. The van der Waals surface area contributed by atoms with E-state index in [0.717, 1.165) is 11.1 Å². The van der Waals surface area contributed by atoms with Crippen LogP contribution >= 0.6 is 0 Å². The quantitative estimate of drug-likeness (QED) is 0.783. The van der Waals surface area contributed by atoms with E-state index in [4.69, 9.17) is 10.00 Å². The van der Waals surface area contributed by atoms with Gasteiger partial charge in [-0.15, -0.1) is 0 Å². The second kappa shape index (κ2) is 7.41. The number of benzene rings is 2. The molecular weight excluding hydrogens is 326 g/mol. The Morgan fingerprint density at radius 2 is 1.56 bits per heavy atom. The smallest absolute Gasteiger partial charge is 0.320 e. The molecule has 0 spiro atoms. The first-order valence-corrected chi connectivity index (χ1v) is 7.88. The number of ether oxygens (including phenoxy) is 1. The minimum absolute atomic E-state index is 0.188. The summed E-state index contributed by atoms with van der Waals surface area (Å²) in [5.41, 5.74) is 1.74. The van der Waals surface area contributed by atoms with E-state index in [1.54, 1.807) is 30.3 Å². The molecule has 1 saturated heterocycles. The van der Waals surface area contributed by atoms with Gasteiger partial charge < -0.3 is 4.74 Å². The molecule has 3 rings (SSSR count). The molecule has 25 heavy (non-hydrogen) atoms. The fourth-order valence-corrected chi connectivity index (χ4v) is 2.95. The molecule has 0 atom stereocenters. The number of carbonyl (C=O) groups excluding carboxylic acids is 1. The van der Waals surface area contributed by atoms with Crippen LogP contribution < -0.4 is 0 Å². The van der Waals surface area contributed by atoms with Gasteiger partial charge in [0.2, 0.25) is 0 Å². The van der Waals surface area contributed by atoms with Gasteiger partial charge in [0.25, 0.3) is 0 Å². The van der Waals surface area contributed by atoms with Crippen molar-refractivity contribution in [3.63, 3.8) is 0 Å². The van der Waals surface area contributed by atoms with Gasteiger partial charge in [0.15, 0.2) is 0 Å². The summed E-state index contributed by atoms with van der Waals surface area (Å²) in [5.74, 6) is -1.19. The van der Waals surface area contributed by atoms with Crippen molar-refractivity contribution < 1.29 is 18.3 Å². The molecule has 0 aliphatic carbocycles. The number of esters is 1. The highest BCUT2D eigenvalue weighted by atomic mass is 19.1. The lowest BCUT2D eigenvalue weighted by Crippen LogP contribution is -2.54. The highest BCUT2D eigenvalue weighted by Gasteiger charge is 2.36. The van der Waals surface area contributed by atoms with Crippen LogP contribution in [0.3, 0.4) is 0 Å². The third kappa shape index (κ3) is 4.01. The van der Waals surface area contributed by atoms with Crippen LogP contribution in [0.15, 0.2) is 48.5 Å². The highest BCUT2D eigenvalue weighted by molar-refractivity contribution is 5.72. The Labute approximate surface area is 144 Å². The first-order valence-electron chi connectivity index (χ1n) is 7.88. The van der Waals surface area contributed by atoms with Crippen molar-refractivity contribution in [1.82, 2.24) is 4.90 Å². The molecule has 6 heteroatoms. The summed E-state index contributed by atoms with van der Waals surface area (Å²) < 4.78 is 31.7. The molecule has 1 aliphatic rings. The second-order valence-electron chi connectivity index (χ2n) is 5.91. The van der Waals surface area contributed by atoms with Gasteiger partial charge in [-0.3, -0.25) is 9.69 Å². The molecule has 0 amide bonds. The maximum Gasteiger partial charge on any atom is 0.320 e. The standard InChI is InChI=1S/C19H16F2N2O2/c20-15-5-1-13(2-6-15)19(14-3-7-16(21)8-4-14)23-11-17(12-23)25-18(24)9-10-22/h1-8,17,19H,9,11-12H2. The molecule has 128 valence electrons. The van der Waals surface area contributed by atoms with Gasteiger partial charge in [-0.25, -0.2) is 8.78 Å². The van der Waals surface area contributed by atoms with Crippen LogP contribution in [0.2, 0.25) is 0 Å². The Balaban J connectivity index is 1.77. The molecular formula is C19H16F2N2O2. The molecule has 0 N–H and O–H groups in total. The Bertz CT molecular complexity index is 733. The minimum Gasteiger partial charge on any atom is -0.459 e. The van der Waals surface area contributed by atoms with Gasteiger partial charge in [-0.05, 0) is 35.4 Å². The number of hydrogen-bond donors (Lipinski definition) is 0. The topological polar surface area (TPSA) is 53.3 Å². The lowest BCUT2D eigenvalue weighted by atomic mass is 9.93. The fraction of sp³-hybridized carbons (Fsp3) is 0.263. The molecule has 1 fully saturated rings. The van der Waals surface area contributed by atoms with Crippen molar-refractivity contribution in [2.24, 2.45) is 0 Å². The van der Waals surface area contributed by atoms with E-state index in [2.05, 4.69) is 4.90 Å². The number of nitriles is 1. The van der Waals surface area contributed by atoms with Crippen molar-refractivity contribution in [1.29, 1.82) is 5.26 Å². The third-order valence-corrected chi connectivity index (χ3v) is 4.13. The van der Waals surface area contributed by atoms with E-state index < -0.39 is 5.97 Å². The predicted molar refractivity (Wildman–Crippen MR) is 86.3 cm³/mol. The van der Waals surface area contributed by atoms with E-state index in [1.165, 1.54) is 24.3 Å². The summed E-state index contributed by atoms with van der Waals surface area (Å²) in [6, 6.07) is 13.9. The van der Waals surface area contributed by atoms with E-state index in [9.17, 15) is 13.6 Å². The number of halogens is 2. The van der Waals surface area contributed by atoms with Crippen LogP contribution in [0.4, 0.5) is 8.78 Å². The third-order valence-electron chi connectivity index (χ3n) is 4.13. The number of hydrogen-bond acceptors (Lipinski definition) is 4. The normalized spacial score (nSPS) is 14.8. The Kier molecular flexibility index (Phi) is 5.05. The summed E-state index contributed by atoms with van der Waals surface area (Å²) in [4.78, 5) is 13.5. The molecule has 1 heterocycles. The number of likely N-dealkylation sites (tertiary alicyclic amines) is 1. The van der Waals surface area contributed by atoms with Crippen molar-refractivity contribution >= 4 is 5.97 Å². The van der Waals surface area contributed by atoms with Crippen molar-refractivity contribution in [3.05, 3.63) is 71.3 Å². The van der Waals surface area contributed by atoms with Gasteiger partial charge in [-0.2, -0.15) is 5.26 Å². The van der Waals surface area contributed by atoms with Crippen LogP contribution in [-0.2, 0) is 9.53 Å². The Morgan fingerprint density at radius 1 is 1.08 bits per heavy atom. The van der Waals surface area contributed by atoms with Gasteiger partial charge in [-0.1, -0.05) is 24.3 Å². The van der Waals surface area contributed by atoms with Crippen LogP contribution in [-0.4, -0.2) is 30.1 Å². The van der Waals surface area contributed by atoms with E-state index in [1.807, 2.05) is 0 Å². The van der Waals surface area contributed by atoms with Gasteiger partial charge in [0, 0.05) is 13.1 Å². The van der Waals surface area contributed by atoms with Crippen molar-refractivity contribution in [3.8, 4) is 6.07 Å². The molecule has 0 saturated carbocycles. The van der Waals surface area contributed by atoms with Gasteiger partial charge in [0.1, 0.15) is 24.2 Å². The zero-order valence-electron chi connectivity index (χ0n) is 13.4. The van der Waals surface area contributed by atoms with Crippen LogP contribution in [0.1, 0.15) is 23.6 Å². The minimum atomic E-state index is -0.535. The van der Waals surface area contributed by atoms with Gasteiger partial charge >= 0.3 is 5.97 Å². The molecule has 0 bridgehead atoms. The number of nitrogens with zero attached hydrogens (tertiary/aromatic N) is 2. The first kappa shape index (κ1) is 17.1. The lowest BCUT2D eigenvalue weighted by Gasteiger charge is -2.43. The zero-order chi connectivity index (χ0) is 17.8. The largest absolute Gasteiger partial charge is 0.459 e. The van der Waals surface area contributed by atoms with E-state index in [-0.39, 0.29) is 30.2 Å². The summed E-state index contributed by atoms with van der Waals surface area (Å²) in [7, 11) is 0. The molecule has 1 aliphatic heterocycles. The fourth-order valence-electron chi connectivity index (χ4n) is 2.95. The average molecular weight is 342 g/mol. The highest BCUT2D eigenvalue weighted by Crippen LogP contribution is 2.33. The van der Waals surface area contributed by atoms with Crippen LogP contribution in [0, 0.1) is 23.0 Å². The Hall–Kier alpha value is -2.78. The SMILES string of the molecule is N#CCC(=O)OC1CN(C(c2ccc(F)cc2)c2ccc(F)cc2)C1. The second-order valence-corrected chi connectivity index (χ2v) is 5.91. The predicted octanol–water partition coefficient (Wildman–Crippen LogP) is 3.20. The zero-order valence-corrected chi connectivity index (χ0v) is 13.4. The Morgan fingerprint density at radius 3 is 2.00 bits per heavy atom. The number of carbonyl (C=O) groups is 1. The van der Waals surface area contributed by atoms with Crippen molar-refractivity contribution in [2.45, 2.75) is 18.6 Å². The summed E-state index contributed by atoms with van der Waals surface area (Å²) >= 11 is 0. The van der Waals surface area contributed by atoms with Gasteiger partial charge in [0.05, 0.1) is 12.1 Å². The van der Waals surface area contributed by atoms with Crippen LogP contribution in [0.5, 0.6) is 0 Å². The average Bonchev–Trinajstić information content (AvgIpc) is 2.56. The summed E-state index contributed by atoms with van der Waals surface area (Å²) in [6.07, 6.45) is -0.542. The number of rotatable bonds is 5. The summed E-state index contributed by atoms with van der Waals surface area (Å²) in [5, 5.41) is 8.50. The molecule has 2 aromatic rings. The maximum atomic E-state index is 13.2. The van der Waals surface area contributed by atoms with E-state index >= 15 is 0 Å². The molecule has 0 unspecified atom stereocenters.